The van der Waals surface area contributed by atoms with Crippen molar-refractivity contribution in [1.29, 1.82) is 0 Å². The summed E-state index contributed by atoms with van der Waals surface area (Å²) < 4.78 is 27.1. The van der Waals surface area contributed by atoms with E-state index in [4.69, 9.17) is 5.73 Å². The summed E-state index contributed by atoms with van der Waals surface area (Å²) in [6.45, 7) is 0.287. The van der Waals surface area contributed by atoms with Gasteiger partial charge in [0.1, 0.15) is 17.2 Å². The number of rotatable bonds is 3. The molecule has 2 rings (SSSR count). The predicted octanol–water partition coefficient (Wildman–Crippen LogP) is 2.36. The lowest BCUT2D eigenvalue weighted by Gasteiger charge is -2.37. The van der Waals surface area contributed by atoms with Gasteiger partial charge in [0.25, 0.3) is 5.91 Å². The van der Waals surface area contributed by atoms with Gasteiger partial charge >= 0.3 is 0 Å². The minimum atomic E-state index is -0.847. The fourth-order valence-corrected chi connectivity index (χ4v) is 2.63. The number of benzene rings is 1. The fraction of sp³-hybridized carbons (Fsp3) is 0.500. The molecule has 19 heavy (non-hydrogen) atoms. The van der Waals surface area contributed by atoms with Crippen molar-refractivity contribution in [3.63, 3.8) is 0 Å². The van der Waals surface area contributed by atoms with Crippen LogP contribution in [0.3, 0.4) is 0 Å². The van der Waals surface area contributed by atoms with Gasteiger partial charge in [0.2, 0.25) is 0 Å². The molecular weight excluding hydrogens is 250 g/mol. The summed E-state index contributed by atoms with van der Waals surface area (Å²) in [6, 6.07) is 3.39. The largest absolute Gasteiger partial charge is 0.345 e. The number of nitrogens with two attached hydrogens (primary N) is 1. The van der Waals surface area contributed by atoms with E-state index < -0.39 is 28.6 Å². The molecule has 0 atom stereocenters. The molecule has 1 aliphatic rings. The van der Waals surface area contributed by atoms with Crippen LogP contribution in [0.15, 0.2) is 18.2 Å². The molecule has 0 saturated heterocycles. The van der Waals surface area contributed by atoms with E-state index in [1.54, 1.807) is 0 Å². The fourth-order valence-electron chi connectivity index (χ4n) is 2.63. The van der Waals surface area contributed by atoms with Crippen LogP contribution < -0.4 is 11.1 Å². The van der Waals surface area contributed by atoms with Crippen LogP contribution in [0.4, 0.5) is 8.78 Å². The molecule has 1 aliphatic carbocycles. The lowest BCUT2D eigenvalue weighted by molar-refractivity contribution is 0.0866. The summed E-state index contributed by atoms with van der Waals surface area (Å²) in [5.74, 6) is -2.41. The molecule has 0 aromatic heterocycles. The highest BCUT2D eigenvalue weighted by atomic mass is 19.1. The van der Waals surface area contributed by atoms with E-state index in [2.05, 4.69) is 5.32 Å². The maximum Gasteiger partial charge on any atom is 0.257 e. The number of halogens is 2. The summed E-state index contributed by atoms with van der Waals surface area (Å²) in [7, 11) is 0. The molecule has 1 amide bonds. The Hall–Kier alpha value is -1.49. The molecule has 1 aromatic rings. The molecule has 0 unspecified atom stereocenters. The second-order valence-electron chi connectivity index (χ2n) is 5.10. The smallest absolute Gasteiger partial charge is 0.257 e. The van der Waals surface area contributed by atoms with Gasteiger partial charge in [0.15, 0.2) is 0 Å². The second-order valence-corrected chi connectivity index (χ2v) is 5.10. The van der Waals surface area contributed by atoms with Crippen molar-refractivity contribution in [2.24, 2.45) is 5.73 Å². The highest BCUT2D eigenvalue weighted by molar-refractivity contribution is 5.95. The minimum Gasteiger partial charge on any atom is -0.345 e. The van der Waals surface area contributed by atoms with E-state index in [0.29, 0.717) is 0 Å². The van der Waals surface area contributed by atoms with Gasteiger partial charge in [-0.05, 0) is 25.0 Å². The zero-order chi connectivity index (χ0) is 13.9. The average Bonchev–Trinajstić information content (AvgIpc) is 2.39. The van der Waals surface area contributed by atoms with Crippen molar-refractivity contribution < 1.29 is 13.6 Å². The molecule has 5 heteroatoms. The molecule has 0 spiro atoms. The number of hydrogen-bond donors (Lipinski definition) is 2. The second kappa shape index (κ2) is 5.65. The van der Waals surface area contributed by atoms with E-state index in [9.17, 15) is 13.6 Å². The Morgan fingerprint density at radius 2 is 1.79 bits per heavy atom. The predicted molar refractivity (Wildman–Crippen MR) is 68.7 cm³/mol. The zero-order valence-electron chi connectivity index (χ0n) is 10.7. The Balaban J connectivity index is 2.20. The molecule has 3 nitrogen and oxygen atoms in total. The molecule has 3 N–H and O–H groups in total. The maximum atomic E-state index is 13.6. The highest BCUT2D eigenvalue weighted by Crippen LogP contribution is 2.28. The number of hydrogen-bond acceptors (Lipinski definition) is 2. The number of amides is 1. The number of carbonyl (C=O) groups excluding carboxylic acids is 1. The highest BCUT2D eigenvalue weighted by Gasteiger charge is 2.33. The topological polar surface area (TPSA) is 55.1 Å². The van der Waals surface area contributed by atoms with Crippen molar-refractivity contribution in [2.75, 3.05) is 6.54 Å². The number of nitrogens with one attached hydrogen (secondary N) is 1. The Morgan fingerprint density at radius 3 is 2.32 bits per heavy atom. The van der Waals surface area contributed by atoms with Crippen molar-refractivity contribution in [1.82, 2.24) is 5.32 Å². The van der Waals surface area contributed by atoms with Gasteiger partial charge in [-0.3, -0.25) is 4.79 Å². The first-order valence-electron chi connectivity index (χ1n) is 6.55. The standard InChI is InChI=1S/C14H18F2N2O/c15-10-5-4-6-11(16)12(10)13(19)18-14(9-17)7-2-1-3-8-14/h4-6H,1-3,7-9,17H2,(H,18,19). The quantitative estimate of drug-likeness (QED) is 0.884. The Morgan fingerprint density at radius 1 is 1.21 bits per heavy atom. The molecular formula is C14H18F2N2O. The molecule has 1 saturated carbocycles. The van der Waals surface area contributed by atoms with Crippen LogP contribution >= 0.6 is 0 Å². The third kappa shape index (κ3) is 2.92. The van der Waals surface area contributed by atoms with E-state index in [-0.39, 0.29) is 6.54 Å². The third-order valence-corrected chi connectivity index (χ3v) is 3.77. The van der Waals surface area contributed by atoms with Gasteiger partial charge in [-0.2, -0.15) is 0 Å². The Labute approximate surface area is 111 Å². The van der Waals surface area contributed by atoms with Crippen LogP contribution in [0.25, 0.3) is 0 Å². The van der Waals surface area contributed by atoms with Crippen LogP contribution in [0.2, 0.25) is 0 Å². The van der Waals surface area contributed by atoms with Crippen molar-refractivity contribution in [3.8, 4) is 0 Å². The summed E-state index contributed by atoms with van der Waals surface area (Å²) >= 11 is 0. The average molecular weight is 268 g/mol. The van der Waals surface area contributed by atoms with Crippen LogP contribution in [0.1, 0.15) is 42.5 Å². The van der Waals surface area contributed by atoms with Gasteiger partial charge in [-0.1, -0.05) is 25.3 Å². The van der Waals surface area contributed by atoms with Crippen LogP contribution in [0, 0.1) is 11.6 Å². The Bertz CT molecular complexity index is 450. The van der Waals surface area contributed by atoms with Crippen LogP contribution in [0.5, 0.6) is 0 Å². The molecule has 1 aromatic carbocycles. The first kappa shape index (κ1) is 13.9. The molecule has 0 radical (unpaired) electrons. The SMILES string of the molecule is NCC1(NC(=O)c2c(F)cccc2F)CCCCC1. The normalized spacial score (nSPS) is 18.1. The summed E-state index contributed by atoms with van der Waals surface area (Å²) in [4.78, 5) is 12.1. The van der Waals surface area contributed by atoms with Gasteiger partial charge in [-0.25, -0.2) is 8.78 Å². The zero-order valence-corrected chi connectivity index (χ0v) is 10.7. The lowest BCUT2D eigenvalue weighted by Crippen LogP contribution is -2.55. The van der Waals surface area contributed by atoms with Gasteiger partial charge in [0, 0.05) is 6.54 Å². The summed E-state index contributed by atoms with van der Waals surface area (Å²) in [5, 5.41) is 2.74. The molecule has 1 fully saturated rings. The van der Waals surface area contributed by atoms with E-state index in [1.807, 2.05) is 0 Å². The van der Waals surface area contributed by atoms with Crippen molar-refractivity contribution >= 4 is 5.91 Å². The molecule has 0 bridgehead atoms. The van der Waals surface area contributed by atoms with E-state index in [1.165, 1.54) is 6.07 Å². The first-order valence-corrected chi connectivity index (χ1v) is 6.55. The van der Waals surface area contributed by atoms with Crippen molar-refractivity contribution in [2.45, 2.75) is 37.6 Å². The van der Waals surface area contributed by atoms with E-state index >= 15 is 0 Å². The van der Waals surface area contributed by atoms with Crippen LogP contribution in [-0.4, -0.2) is 18.0 Å². The molecule has 0 heterocycles. The first-order chi connectivity index (χ1) is 9.08. The third-order valence-electron chi connectivity index (χ3n) is 3.77. The molecule has 0 aliphatic heterocycles. The lowest BCUT2D eigenvalue weighted by atomic mass is 9.81. The monoisotopic (exact) mass is 268 g/mol. The Kier molecular flexibility index (Phi) is 4.14. The number of carbonyl (C=O) groups is 1. The van der Waals surface area contributed by atoms with E-state index in [0.717, 1.165) is 44.2 Å². The summed E-state index contributed by atoms with van der Waals surface area (Å²) in [5.41, 5.74) is 4.69. The molecule has 104 valence electrons. The van der Waals surface area contributed by atoms with Crippen molar-refractivity contribution in [3.05, 3.63) is 35.4 Å². The summed E-state index contributed by atoms with van der Waals surface area (Å²) in [6.07, 6.45) is 4.55. The van der Waals surface area contributed by atoms with Gasteiger partial charge in [-0.15, -0.1) is 0 Å². The maximum absolute atomic E-state index is 13.6. The van der Waals surface area contributed by atoms with Crippen LogP contribution in [-0.2, 0) is 0 Å². The minimum absolute atomic E-state index is 0.287. The van der Waals surface area contributed by atoms with Gasteiger partial charge < -0.3 is 11.1 Å². The van der Waals surface area contributed by atoms with Gasteiger partial charge in [0.05, 0.1) is 5.54 Å².